The van der Waals surface area contributed by atoms with Crippen molar-refractivity contribution in [2.24, 2.45) is 0 Å². The molecule has 0 amide bonds. The third-order valence-electron chi connectivity index (χ3n) is 0. The zero-order valence-electron chi connectivity index (χ0n) is 0.908. The molecule has 0 spiro atoms. The molecule has 0 aliphatic heterocycles. The fourth-order valence-electron chi connectivity index (χ4n) is 0. The summed E-state index contributed by atoms with van der Waals surface area (Å²) in [6.45, 7) is 0. The molecule has 0 aliphatic carbocycles. The van der Waals surface area contributed by atoms with Gasteiger partial charge in [-0.1, -0.05) is 0 Å². The number of hydrogen-bond donors (Lipinski definition) is 0. The van der Waals surface area contributed by atoms with Gasteiger partial charge in [-0.2, -0.15) is 0 Å². The van der Waals surface area contributed by atoms with Crippen LogP contribution in [-0.2, 0) is 3.08 Å². The molecule has 0 unspecified atom stereocenters. The molecule has 4 heteroatoms. The first kappa shape index (κ1) is 15.7. The first-order chi connectivity index (χ1) is 1.00. The van der Waals surface area contributed by atoms with Crippen LogP contribution in [0, 0.1) is 0 Å². The van der Waals surface area contributed by atoms with Gasteiger partial charge in [0.15, 0.2) is 0 Å². The van der Waals surface area contributed by atoms with Gasteiger partial charge in [0.25, 0.3) is 0 Å². The maximum absolute atomic E-state index is 8.34. The number of rotatable bonds is 0. The molecule has 18 valence electrons. The predicted octanol–water partition coefficient (Wildman–Crippen LogP) is -2.33. The molecule has 0 N–H and O–H groups in total. The Kier molecular flexibility index (Phi) is 64.8. The molecule has 0 aromatic carbocycles. The van der Waals surface area contributed by atoms with Gasteiger partial charge in [0, 0.05) is 0 Å². The van der Waals surface area contributed by atoms with Crippen molar-refractivity contribution in [3.05, 3.63) is 0 Å². The second-order valence-electron chi connectivity index (χ2n) is 0. The second kappa shape index (κ2) is 16.5. The van der Waals surface area contributed by atoms with E-state index in [1.165, 1.54) is 0 Å². The van der Waals surface area contributed by atoms with Crippen LogP contribution >= 0.6 is 0 Å². The summed E-state index contributed by atoms with van der Waals surface area (Å²) in [4.78, 5) is 0. The molecule has 1 nitrogen and oxygen atoms in total. The molecule has 0 saturated carbocycles. The summed E-state index contributed by atoms with van der Waals surface area (Å²) in [5.74, 6) is 0. The summed E-state index contributed by atoms with van der Waals surface area (Å²) >= 11 is 0.300. The minimum atomic E-state index is 0. The Morgan fingerprint density at radius 3 is 1.25 bits per heavy atom. The summed E-state index contributed by atoms with van der Waals surface area (Å²) in [6.07, 6.45) is 0. The number of hydrogen-bond acceptors (Lipinski definition) is 1. The predicted molar refractivity (Wildman–Crippen MR) is 23.5 cm³/mol. The van der Waals surface area contributed by atoms with Crippen molar-refractivity contribution in [3.63, 3.8) is 0 Å². The Hall–Kier alpha value is 3.11. The Bertz CT molecular complexity index is 8.00. The minimum absolute atomic E-state index is 0. The molecule has 0 aromatic heterocycles. The standard InChI is InChI=1S/In.K.O.Sn.4H. The third-order valence-corrected chi connectivity index (χ3v) is 0. The fraction of sp³-hybridized carbons (Fsp3) is 0. The molecule has 0 aromatic rings. The SMILES string of the molecule is [InH3].[KH].[O]=[Sn]. The van der Waals surface area contributed by atoms with E-state index in [1.807, 2.05) is 0 Å². The van der Waals surface area contributed by atoms with Gasteiger partial charge in [-0.15, -0.1) is 0 Å². The molecule has 0 heterocycles. The van der Waals surface area contributed by atoms with Crippen molar-refractivity contribution in [1.29, 1.82) is 0 Å². The summed E-state index contributed by atoms with van der Waals surface area (Å²) in [6, 6.07) is 0. The van der Waals surface area contributed by atoms with Crippen molar-refractivity contribution in [2.45, 2.75) is 0 Å². The van der Waals surface area contributed by atoms with Crippen LogP contribution in [0.5, 0.6) is 0 Å². The molecule has 0 bridgehead atoms. The zero-order chi connectivity index (χ0) is 2.00. The van der Waals surface area contributed by atoms with E-state index in [0.717, 1.165) is 0 Å². The van der Waals surface area contributed by atoms with E-state index >= 15 is 0 Å². The van der Waals surface area contributed by atoms with Crippen molar-refractivity contribution in [1.82, 2.24) is 0 Å². The quantitative estimate of drug-likeness (QED) is 0.458. The first-order valence-corrected chi connectivity index (χ1v) is 1.37. The van der Waals surface area contributed by atoms with Crippen LogP contribution in [0.3, 0.4) is 0 Å². The van der Waals surface area contributed by atoms with Crippen LogP contribution in [0.25, 0.3) is 0 Å². The van der Waals surface area contributed by atoms with Crippen LogP contribution in [0.15, 0.2) is 0 Å². The van der Waals surface area contributed by atoms with Crippen LogP contribution in [0.4, 0.5) is 0 Å². The van der Waals surface area contributed by atoms with Gasteiger partial charge in [0.05, 0.1) is 0 Å². The van der Waals surface area contributed by atoms with E-state index in [9.17, 15) is 0 Å². The van der Waals surface area contributed by atoms with Crippen LogP contribution < -0.4 is 0 Å². The maximum atomic E-state index is 8.34. The molecule has 0 atom stereocenters. The molecule has 0 rings (SSSR count). The van der Waals surface area contributed by atoms with Gasteiger partial charge in [0.1, 0.15) is 0 Å². The van der Waals surface area contributed by atoms with Crippen molar-refractivity contribution < 1.29 is 3.08 Å². The Morgan fingerprint density at radius 1 is 1.25 bits per heavy atom. The topological polar surface area (TPSA) is 17.1 Å². The van der Waals surface area contributed by atoms with Gasteiger partial charge in [0.2, 0.25) is 0 Å². The third kappa shape index (κ3) is 8.92. The van der Waals surface area contributed by atoms with Crippen molar-refractivity contribution in [2.75, 3.05) is 0 Å². The summed E-state index contributed by atoms with van der Waals surface area (Å²) in [5, 5.41) is 0. The molecule has 0 fully saturated rings. The first-order valence-electron chi connectivity index (χ1n) is 0.204. The van der Waals surface area contributed by atoms with Gasteiger partial charge < -0.3 is 0 Å². The molecular formula is H4InKOSn. The molecule has 2 radical (unpaired) electrons. The summed E-state index contributed by atoms with van der Waals surface area (Å²) in [5.41, 5.74) is 0. The van der Waals surface area contributed by atoms with E-state index in [0.29, 0.717) is 22.5 Å². The van der Waals surface area contributed by atoms with E-state index in [1.54, 1.807) is 0 Å². The summed E-state index contributed by atoms with van der Waals surface area (Å²) in [7, 11) is 0. The van der Waals surface area contributed by atoms with E-state index in [-0.39, 0.29) is 77.2 Å². The normalized spacial score (nSPS) is 1.00. The van der Waals surface area contributed by atoms with Crippen LogP contribution in [0.1, 0.15) is 0 Å². The monoisotopic (exact) mass is 294 g/mol. The fourth-order valence-corrected chi connectivity index (χ4v) is 0. The van der Waals surface area contributed by atoms with Gasteiger partial charge in [-0.25, -0.2) is 0 Å². The van der Waals surface area contributed by atoms with Gasteiger partial charge >= 0.3 is 103 Å². The van der Waals surface area contributed by atoms with Crippen molar-refractivity contribution >= 4 is 99.7 Å². The zero-order valence-corrected chi connectivity index (χ0v) is 3.76. The van der Waals surface area contributed by atoms with Crippen molar-refractivity contribution in [3.8, 4) is 0 Å². The van der Waals surface area contributed by atoms with Gasteiger partial charge in [-0.3, -0.25) is 0 Å². The van der Waals surface area contributed by atoms with Crippen LogP contribution in [0.2, 0.25) is 0 Å². The Labute approximate surface area is 100.0 Å². The van der Waals surface area contributed by atoms with E-state index in [2.05, 4.69) is 0 Å². The molecule has 4 heavy (non-hydrogen) atoms. The molecule has 0 aliphatic rings. The average Bonchev–Trinajstić information content (AvgIpc) is 1.00. The van der Waals surface area contributed by atoms with E-state index in [4.69, 9.17) is 3.08 Å². The molecule has 0 saturated heterocycles. The Morgan fingerprint density at radius 2 is 1.25 bits per heavy atom. The van der Waals surface area contributed by atoms with E-state index < -0.39 is 0 Å². The average molecular weight is 293 g/mol. The van der Waals surface area contributed by atoms with Crippen LogP contribution in [-0.4, -0.2) is 99.7 Å². The summed E-state index contributed by atoms with van der Waals surface area (Å²) < 4.78 is 8.34. The molecular weight excluding hydrogens is 289 g/mol. The second-order valence-corrected chi connectivity index (χ2v) is 0. The van der Waals surface area contributed by atoms with Gasteiger partial charge in [-0.05, 0) is 0 Å². The Balaban J connectivity index is -0.00000000500.